The first-order valence-corrected chi connectivity index (χ1v) is 10.6. The Balaban J connectivity index is 1.87. The standard InChI is InChI=1S/C22H16ClF2N3O3S/c1-11-12(2)32-21-19(11)20(30)28(15-5-3-4-13(23)8-15)22(31)27(21)10-18(29)26-17-7-6-14(24)9-16(17)25/h3-9H,10H2,1-2H3,(H,26,29). The fourth-order valence-corrected chi connectivity index (χ4v) is 4.69. The number of hydrogen-bond donors (Lipinski definition) is 1. The number of carbonyl (C=O) groups is 1. The number of anilines is 1. The molecule has 0 fully saturated rings. The fourth-order valence-electron chi connectivity index (χ4n) is 3.36. The minimum absolute atomic E-state index is 0.220. The van der Waals surface area contributed by atoms with Gasteiger partial charge in [-0.15, -0.1) is 11.3 Å². The van der Waals surface area contributed by atoms with Gasteiger partial charge in [-0.2, -0.15) is 0 Å². The lowest BCUT2D eigenvalue weighted by Crippen LogP contribution is -2.40. The molecule has 0 saturated carbocycles. The van der Waals surface area contributed by atoms with E-state index in [2.05, 4.69) is 5.32 Å². The molecule has 0 aliphatic heterocycles. The highest BCUT2D eigenvalue weighted by atomic mass is 35.5. The van der Waals surface area contributed by atoms with Crippen LogP contribution in [0.4, 0.5) is 14.5 Å². The summed E-state index contributed by atoms with van der Waals surface area (Å²) >= 11 is 7.26. The van der Waals surface area contributed by atoms with Crippen LogP contribution < -0.4 is 16.6 Å². The predicted molar refractivity (Wildman–Crippen MR) is 121 cm³/mol. The van der Waals surface area contributed by atoms with Gasteiger partial charge in [-0.05, 0) is 49.7 Å². The summed E-state index contributed by atoms with van der Waals surface area (Å²) in [5.74, 6) is -2.43. The predicted octanol–water partition coefficient (Wildman–Crippen LogP) is 4.40. The summed E-state index contributed by atoms with van der Waals surface area (Å²) in [5.41, 5.74) is -0.514. The number of aryl methyl sites for hydroxylation is 2. The molecule has 2 aromatic heterocycles. The van der Waals surface area contributed by atoms with Crippen LogP contribution in [0.3, 0.4) is 0 Å². The lowest BCUT2D eigenvalue weighted by molar-refractivity contribution is -0.116. The van der Waals surface area contributed by atoms with Crippen molar-refractivity contribution in [2.45, 2.75) is 20.4 Å². The van der Waals surface area contributed by atoms with Crippen molar-refractivity contribution >= 4 is 44.7 Å². The summed E-state index contributed by atoms with van der Waals surface area (Å²) in [7, 11) is 0. The van der Waals surface area contributed by atoms with Gasteiger partial charge in [-0.3, -0.25) is 14.2 Å². The largest absolute Gasteiger partial charge is 0.337 e. The summed E-state index contributed by atoms with van der Waals surface area (Å²) < 4.78 is 29.2. The molecule has 0 spiro atoms. The van der Waals surface area contributed by atoms with Crippen molar-refractivity contribution in [3.05, 3.63) is 90.4 Å². The number of nitrogens with zero attached hydrogens (tertiary/aromatic N) is 2. The number of amides is 1. The molecule has 6 nitrogen and oxygen atoms in total. The van der Waals surface area contributed by atoms with Gasteiger partial charge in [0.2, 0.25) is 5.91 Å². The zero-order chi connectivity index (χ0) is 23.2. The van der Waals surface area contributed by atoms with Crippen molar-refractivity contribution in [2.24, 2.45) is 0 Å². The molecule has 1 amide bonds. The molecule has 4 aromatic rings. The number of hydrogen-bond acceptors (Lipinski definition) is 4. The summed E-state index contributed by atoms with van der Waals surface area (Å²) in [6.07, 6.45) is 0. The van der Waals surface area contributed by atoms with E-state index in [9.17, 15) is 23.2 Å². The average Bonchev–Trinajstić information content (AvgIpc) is 3.02. The molecule has 1 N–H and O–H groups in total. The van der Waals surface area contributed by atoms with Gasteiger partial charge >= 0.3 is 5.69 Å². The van der Waals surface area contributed by atoms with Gasteiger partial charge in [0.1, 0.15) is 23.0 Å². The molecule has 0 bridgehead atoms. The number of benzene rings is 2. The van der Waals surface area contributed by atoms with Gasteiger partial charge in [0, 0.05) is 16.0 Å². The third kappa shape index (κ3) is 3.85. The first-order chi connectivity index (χ1) is 15.2. The van der Waals surface area contributed by atoms with Gasteiger partial charge in [-0.1, -0.05) is 17.7 Å². The van der Waals surface area contributed by atoms with Gasteiger partial charge in [0.05, 0.1) is 16.8 Å². The molecular formula is C22H16ClF2N3O3S. The molecule has 2 heterocycles. The van der Waals surface area contributed by atoms with E-state index < -0.39 is 35.3 Å². The summed E-state index contributed by atoms with van der Waals surface area (Å²) in [4.78, 5) is 40.4. The van der Waals surface area contributed by atoms with Crippen LogP contribution in [0.15, 0.2) is 52.1 Å². The van der Waals surface area contributed by atoms with E-state index >= 15 is 0 Å². The van der Waals surface area contributed by atoms with E-state index in [0.29, 0.717) is 26.9 Å². The Morgan fingerprint density at radius 1 is 1.12 bits per heavy atom. The zero-order valence-corrected chi connectivity index (χ0v) is 18.5. The van der Waals surface area contributed by atoms with Gasteiger partial charge in [0.15, 0.2) is 0 Å². The minimum atomic E-state index is -0.942. The minimum Gasteiger partial charge on any atom is -0.322 e. The molecule has 32 heavy (non-hydrogen) atoms. The van der Waals surface area contributed by atoms with Crippen molar-refractivity contribution in [1.29, 1.82) is 0 Å². The van der Waals surface area contributed by atoms with Crippen molar-refractivity contribution in [1.82, 2.24) is 9.13 Å². The Morgan fingerprint density at radius 2 is 1.88 bits per heavy atom. The van der Waals surface area contributed by atoms with Crippen molar-refractivity contribution in [2.75, 3.05) is 5.32 Å². The average molecular weight is 476 g/mol. The third-order valence-corrected chi connectivity index (χ3v) is 6.49. The maximum atomic E-state index is 13.9. The fraction of sp³-hybridized carbons (Fsp3) is 0.136. The van der Waals surface area contributed by atoms with Gasteiger partial charge in [-0.25, -0.2) is 18.1 Å². The molecule has 10 heteroatoms. The molecule has 0 saturated heterocycles. The molecule has 4 rings (SSSR count). The zero-order valence-electron chi connectivity index (χ0n) is 16.9. The quantitative estimate of drug-likeness (QED) is 0.475. The van der Waals surface area contributed by atoms with Crippen LogP contribution >= 0.6 is 22.9 Å². The van der Waals surface area contributed by atoms with Crippen LogP contribution in [0.1, 0.15) is 10.4 Å². The topological polar surface area (TPSA) is 73.1 Å². The molecule has 0 unspecified atom stereocenters. The van der Waals surface area contributed by atoms with Crippen LogP contribution in [0, 0.1) is 25.5 Å². The highest BCUT2D eigenvalue weighted by Gasteiger charge is 2.21. The second-order valence-corrected chi connectivity index (χ2v) is 8.76. The first-order valence-electron chi connectivity index (χ1n) is 9.43. The smallest absolute Gasteiger partial charge is 0.322 e. The Bertz CT molecular complexity index is 1510. The number of carbonyl (C=O) groups excluding carboxylic acids is 1. The lowest BCUT2D eigenvalue weighted by atomic mass is 10.2. The summed E-state index contributed by atoms with van der Waals surface area (Å²) in [6.45, 7) is 3.10. The third-order valence-electron chi connectivity index (χ3n) is 5.02. The van der Waals surface area contributed by atoms with Crippen LogP contribution in [-0.2, 0) is 11.3 Å². The monoisotopic (exact) mass is 475 g/mol. The number of nitrogens with one attached hydrogen (secondary N) is 1. The lowest BCUT2D eigenvalue weighted by Gasteiger charge is -2.13. The van der Waals surface area contributed by atoms with Gasteiger partial charge < -0.3 is 5.32 Å². The maximum Gasteiger partial charge on any atom is 0.337 e. The van der Waals surface area contributed by atoms with Crippen LogP contribution in [0.25, 0.3) is 15.9 Å². The van der Waals surface area contributed by atoms with Crippen molar-refractivity contribution < 1.29 is 13.6 Å². The van der Waals surface area contributed by atoms with Crippen molar-refractivity contribution in [3.8, 4) is 5.69 Å². The van der Waals surface area contributed by atoms with Crippen LogP contribution in [0.2, 0.25) is 5.02 Å². The molecule has 0 radical (unpaired) electrons. The van der Waals surface area contributed by atoms with Crippen molar-refractivity contribution in [3.63, 3.8) is 0 Å². The maximum absolute atomic E-state index is 13.9. The Hall–Kier alpha value is -3.30. The molecular weight excluding hydrogens is 460 g/mol. The number of rotatable bonds is 4. The first kappa shape index (κ1) is 21.9. The summed E-state index contributed by atoms with van der Waals surface area (Å²) in [5, 5.41) is 2.99. The van der Waals surface area contributed by atoms with Crippen LogP contribution in [-0.4, -0.2) is 15.0 Å². The van der Waals surface area contributed by atoms with Crippen LogP contribution in [0.5, 0.6) is 0 Å². The number of aromatic nitrogens is 2. The highest BCUT2D eigenvalue weighted by molar-refractivity contribution is 7.18. The highest BCUT2D eigenvalue weighted by Crippen LogP contribution is 2.27. The molecule has 0 aliphatic rings. The second-order valence-electron chi connectivity index (χ2n) is 7.12. The molecule has 164 valence electrons. The van der Waals surface area contributed by atoms with E-state index in [0.717, 1.165) is 21.6 Å². The second kappa shape index (κ2) is 8.33. The number of fused-ring (bicyclic) bond motifs is 1. The number of thiophene rings is 1. The Labute approximate surface area is 189 Å². The SMILES string of the molecule is Cc1sc2c(c1C)c(=O)n(-c1cccc(Cl)c1)c(=O)n2CC(=O)Nc1ccc(F)cc1F. The molecule has 0 atom stereocenters. The Morgan fingerprint density at radius 3 is 2.56 bits per heavy atom. The van der Waals surface area contributed by atoms with E-state index in [-0.39, 0.29) is 11.4 Å². The molecule has 0 aliphatic carbocycles. The van der Waals surface area contributed by atoms with Gasteiger partial charge in [0.25, 0.3) is 5.56 Å². The van der Waals surface area contributed by atoms with E-state index in [1.165, 1.54) is 22.0 Å². The Kier molecular flexibility index (Phi) is 5.70. The normalized spacial score (nSPS) is 11.2. The van der Waals surface area contributed by atoms with E-state index in [1.807, 2.05) is 6.92 Å². The van der Waals surface area contributed by atoms with E-state index in [1.54, 1.807) is 25.1 Å². The molecule has 2 aromatic carbocycles. The van der Waals surface area contributed by atoms with E-state index in [4.69, 9.17) is 11.6 Å². The summed E-state index contributed by atoms with van der Waals surface area (Å²) in [6, 6.07) is 9.00. The number of halogens is 3.